The maximum Gasteiger partial charge on any atom is 0.163 e. The predicted octanol–water partition coefficient (Wildman–Crippen LogP) is 2.47. The van der Waals surface area contributed by atoms with Crippen molar-refractivity contribution in [3.63, 3.8) is 0 Å². The van der Waals surface area contributed by atoms with Crippen LogP contribution in [-0.4, -0.2) is 30.2 Å². The highest BCUT2D eigenvalue weighted by Gasteiger charge is 2.31. The van der Waals surface area contributed by atoms with Gasteiger partial charge in [0.15, 0.2) is 5.79 Å². The fourth-order valence-corrected chi connectivity index (χ4v) is 1.92. The molecule has 3 heteroatoms. The minimum absolute atomic E-state index is 0.290. The highest BCUT2D eigenvalue weighted by molar-refractivity contribution is 4.70. The number of unbranched alkanes of at least 4 members (excludes halogenated alkanes) is 4. The maximum absolute atomic E-state index is 8.62. The monoisotopic (exact) mass is 216 g/mol. The minimum Gasteiger partial charge on any atom is -0.396 e. The van der Waals surface area contributed by atoms with Gasteiger partial charge in [0, 0.05) is 6.61 Å². The Kier molecular flexibility index (Phi) is 5.58. The van der Waals surface area contributed by atoms with Crippen molar-refractivity contribution >= 4 is 0 Å². The zero-order chi connectivity index (χ0) is 11.1. The van der Waals surface area contributed by atoms with Crippen molar-refractivity contribution in [1.82, 2.24) is 0 Å². The molecule has 1 aliphatic heterocycles. The van der Waals surface area contributed by atoms with Crippen molar-refractivity contribution in [3.05, 3.63) is 0 Å². The summed E-state index contributed by atoms with van der Waals surface area (Å²) in [6.07, 6.45) is 7.13. The predicted molar refractivity (Wildman–Crippen MR) is 59.7 cm³/mol. The molecular formula is C12H24O3. The third-order valence-electron chi connectivity index (χ3n) is 2.75. The van der Waals surface area contributed by atoms with Crippen LogP contribution in [-0.2, 0) is 9.47 Å². The van der Waals surface area contributed by atoms with E-state index >= 15 is 0 Å². The summed E-state index contributed by atoms with van der Waals surface area (Å²) in [7, 11) is 0. The molecule has 0 radical (unpaired) electrons. The van der Waals surface area contributed by atoms with Crippen LogP contribution in [0.1, 0.15) is 52.4 Å². The molecule has 1 N–H and O–H groups in total. The Labute approximate surface area is 92.8 Å². The molecule has 0 spiro atoms. The van der Waals surface area contributed by atoms with Gasteiger partial charge in [-0.25, -0.2) is 0 Å². The molecule has 0 aromatic rings. The van der Waals surface area contributed by atoms with Crippen molar-refractivity contribution < 1.29 is 14.6 Å². The molecule has 3 nitrogen and oxygen atoms in total. The lowest BCUT2D eigenvalue weighted by Crippen LogP contribution is -2.21. The molecule has 0 bridgehead atoms. The standard InChI is InChI=1S/C12H24O3/c1-12(2)14-10-11(15-12)8-6-4-3-5-7-9-13/h11,13H,3-10H2,1-2H3. The van der Waals surface area contributed by atoms with Gasteiger partial charge >= 0.3 is 0 Å². The summed E-state index contributed by atoms with van der Waals surface area (Å²) in [5.41, 5.74) is 0. The number of aliphatic hydroxyl groups is 1. The largest absolute Gasteiger partial charge is 0.396 e. The number of ether oxygens (including phenoxy) is 2. The zero-order valence-electron chi connectivity index (χ0n) is 10.00. The van der Waals surface area contributed by atoms with Gasteiger partial charge in [0.1, 0.15) is 0 Å². The maximum atomic E-state index is 8.62. The van der Waals surface area contributed by atoms with Crippen LogP contribution >= 0.6 is 0 Å². The molecule has 0 aromatic heterocycles. The Bertz CT molecular complexity index is 168. The van der Waals surface area contributed by atoms with E-state index in [1.54, 1.807) is 0 Å². The van der Waals surface area contributed by atoms with Crippen LogP contribution < -0.4 is 0 Å². The summed E-state index contributed by atoms with van der Waals surface area (Å²) in [5, 5.41) is 8.62. The second kappa shape index (κ2) is 6.46. The molecular weight excluding hydrogens is 192 g/mol. The zero-order valence-corrected chi connectivity index (χ0v) is 10.00. The van der Waals surface area contributed by atoms with Crippen molar-refractivity contribution in [1.29, 1.82) is 0 Å². The molecule has 0 amide bonds. The van der Waals surface area contributed by atoms with Crippen molar-refractivity contribution in [3.8, 4) is 0 Å². The van der Waals surface area contributed by atoms with Crippen LogP contribution in [0.5, 0.6) is 0 Å². The molecule has 1 fully saturated rings. The third-order valence-corrected chi connectivity index (χ3v) is 2.75. The summed E-state index contributed by atoms with van der Waals surface area (Å²) in [6, 6.07) is 0. The van der Waals surface area contributed by atoms with E-state index in [-0.39, 0.29) is 11.9 Å². The van der Waals surface area contributed by atoms with E-state index in [0.29, 0.717) is 6.61 Å². The van der Waals surface area contributed by atoms with Crippen LogP contribution in [0.4, 0.5) is 0 Å². The second-order valence-corrected chi connectivity index (χ2v) is 4.73. The minimum atomic E-state index is -0.373. The molecule has 0 aromatic carbocycles. The fourth-order valence-electron chi connectivity index (χ4n) is 1.92. The van der Waals surface area contributed by atoms with Gasteiger partial charge in [-0.05, 0) is 26.7 Å². The molecule has 1 aliphatic rings. The van der Waals surface area contributed by atoms with Crippen molar-refractivity contribution in [2.45, 2.75) is 64.3 Å². The van der Waals surface area contributed by atoms with Gasteiger partial charge in [0.25, 0.3) is 0 Å². The molecule has 1 rings (SSSR count). The average Bonchev–Trinajstić information content (AvgIpc) is 2.52. The highest BCUT2D eigenvalue weighted by Crippen LogP contribution is 2.25. The van der Waals surface area contributed by atoms with E-state index in [1.165, 1.54) is 19.3 Å². The third kappa shape index (κ3) is 5.50. The lowest BCUT2D eigenvalue weighted by atomic mass is 10.1. The van der Waals surface area contributed by atoms with Gasteiger partial charge < -0.3 is 14.6 Å². The normalized spacial score (nSPS) is 24.6. The fraction of sp³-hybridized carbons (Fsp3) is 1.00. The summed E-state index contributed by atoms with van der Waals surface area (Å²) in [5.74, 6) is -0.373. The first kappa shape index (κ1) is 12.9. The average molecular weight is 216 g/mol. The lowest BCUT2D eigenvalue weighted by Gasteiger charge is -2.16. The van der Waals surface area contributed by atoms with E-state index in [4.69, 9.17) is 14.6 Å². The first-order chi connectivity index (χ1) is 7.14. The van der Waals surface area contributed by atoms with E-state index < -0.39 is 0 Å². The van der Waals surface area contributed by atoms with E-state index in [1.807, 2.05) is 13.8 Å². The van der Waals surface area contributed by atoms with E-state index in [2.05, 4.69) is 0 Å². The number of hydrogen-bond donors (Lipinski definition) is 1. The number of rotatable bonds is 7. The Morgan fingerprint density at radius 1 is 1.13 bits per heavy atom. The molecule has 90 valence electrons. The van der Waals surface area contributed by atoms with E-state index in [9.17, 15) is 0 Å². The first-order valence-electron chi connectivity index (χ1n) is 6.07. The molecule has 0 saturated carbocycles. The Hall–Kier alpha value is -0.120. The van der Waals surface area contributed by atoms with Crippen molar-refractivity contribution in [2.75, 3.05) is 13.2 Å². The number of hydrogen-bond acceptors (Lipinski definition) is 3. The first-order valence-corrected chi connectivity index (χ1v) is 6.07. The summed E-state index contributed by atoms with van der Waals surface area (Å²) in [6.45, 7) is 5.00. The molecule has 15 heavy (non-hydrogen) atoms. The van der Waals surface area contributed by atoms with Gasteiger partial charge in [-0.1, -0.05) is 25.7 Å². The quantitative estimate of drug-likeness (QED) is 0.664. The van der Waals surface area contributed by atoms with Crippen LogP contribution in [0.2, 0.25) is 0 Å². The molecule has 0 aliphatic carbocycles. The second-order valence-electron chi connectivity index (χ2n) is 4.73. The van der Waals surface area contributed by atoms with Gasteiger partial charge in [0.2, 0.25) is 0 Å². The number of aliphatic hydroxyl groups excluding tert-OH is 1. The Morgan fingerprint density at radius 3 is 2.40 bits per heavy atom. The smallest absolute Gasteiger partial charge is 0.163 e. The summed E-state index contributed by atoms with van der Waals surface area (Å²) < 4.78 is 11.2. The SMILES string of the molecule is CC1(C)OCC(CCCCCCCO)O1. The Balaban J connectivity index is 1.93. The van der Waals surface area contributed by atoms with Crippen LogP contribution in [0.25, 0.3) is 0 Å². The van der Waals surface area contributed by atoms with Gasteiger partial charge in [-0.15, -0.1) is 0 Å². The van der Waals surface area contributed by atoms with Crippen molar-refractivity contribution in [2.24, 2.45) is 0 Å². The van der Waals surface area contributed by atoms with Crippen LogP contribution in [0.3, 0.4) is 0 Å². The van der Waals surface area contributed by atoms with Crippen LogP contribution in [0, 0.1) is 0 Å². The van der Waals surface area contributed by atoms with Crippen LogP contribution in [0.15, 0.2) is 0 Å². The molecule has 1 atom stereocenters. The molecule has 1 unspecified atom stereocenters. The lowest BCUT2D eigenvalue weighted by molar-refractivity contribution is -0.139. The van der Waals surface area contributed by atoms with Gasteiger partial charge in [0.05, 0.1) is 12.7 Å². The van der Waals surface area contributed by atoms with E-state index in [0.717, 1.165) is 25.9 Å². The highest BCUT2D eigenvalue weighted by atomic mass is 16.7. The Morgan fingerprint density at radius 2 is 1.80 bits per heavy atom. The summed E-state index contributed by atoms with van der Waals surface area (Å²) >= 11 is 0. The molecule has 1 heterocycles. The van der Waals surface area contributed by atoms with Gasteiger partial charge in [-0.3, -0.25) is 0 Å². The molecule has 1 saturated heterocycles. The topological polar surface area (TPSA) is 38.7 Å². The summed E-state index contributed by atoms with van der Waals surface area (Å²) in [4.78, 5) is 0. The van der Waals surface area contributed by atoms with Gasteiger partial charge in [-0.2, -0.15) is 0 Å².